The summed E-state index contributed by atoms with van der Waals surface area (Å²) in [6, 6.07) is 0.297. The Hall–Kier alpha value is -5.84. The van der Waals surface area contributed by atoms with Crippen LogP contribution in [0.15, 0.2) is 37.1 Å². The van der Waals surface area contributed by atoms with Crippen molar-refractivity contribution in [3.05, 3.63) is 65.5 Å². The van der Waals surface area contributed by atoms with Gasteiger partial charge in [-0.05, 0) is 127 Å². The first-order chi connectivity index (χ1) is 28.6. The number of amides is 3. The minimum absolute atomic E-state index is 0.109. The summed E-state index contributed by atoms with van der Waals surface area (Å²) in [5.74, 6) is 1.70. The Balaban J connectivity index is 0.907. The molecule has 17 heteroatoms. The molecule has 4 aliphatic carbocycles. The van der Waals surface area contributed by atoms with E-state index in [2.05, 4.69) is 51.3 Å². The molecular weight excluding hydrogens is 749 g/mol. The number of hydrogen-bond acceptors (Lipinski definition) is 11. The highest BCUT2D eigenvalue weighted by atomic mass is 16.2. The van der Waals surface area contributed by atoms with Crippen LogP contribution in [0.25, 0.3) is 22.5 Å². The maximum atomic E-state index is 14.3. The summed E-state index contributed by atoms with van der Waals surface area (Å²) in [7, 11) is 0. The number of aromatic amines is 2. The molecule has 0 saturated heterocycles. The second kappa shape index (κ2) is 15.7. The predicted octanol–water partition coefficient (Wildman–Crippen LogP) is 4.53. The molecule has 5 aromatic rings. The van der Waals surface area contributed by atoms with Gasteiger partial charge in [-0.15, -0.1) is 0 Å². The molecule has 59 heavy (non-hydrogen) atoms. The molecule has 308 valence electrons. The molecule has 5 atom stereocenters. The van der Waals surface area contributed by atoms with Crippen LogP contribution in [0.3, 0.4) is 0 Å². The average molecular weight is 801 g/mol. The van der Waals surface area contributed by atoms with E-state index in [9.17, 15) is 14.4 Å². The summed E-state index contributed by atoms with van der Waals surface area (Å²) in [5, 5.41) is 28.4. The van der Waals surface area contributed by atoms with Crippen LogP contribution in [0.5, 0.6) is 0 Å². The lowest BCUT2D eigenvalue weighted by Gasteiger charge is -2.28. The van der Waals surface area contributed by atoms with Crippen LogP contribution in [0.4, 0.5) is 11.6 Å². The van der Waals surface area contributed by atoms with Crippen LogP contribution >= 0.6 is 0 Å². The topological polar surface area (TPSA) is 240 Å². The minimum atomic E-state index is -0.823. The van der Waals surface area contributed by atoms with Gasteiger partial charge in [0.1, 0.15) is 11.7 Å². The molecule has 17 nitrogen and oxygen atoms in total. The van der Waals surface area contributed by atoms with Gasteiger partial charge in [0.05, 0.1) is 53.6 Å². The lowest BCUT2D eigenvalue weighted by molar-refractivity contribution is -0.120. The number of carbonyl (C=O) groups excluding carboxylic acids is 3. The van der Waals surface area contributed by atoms with Gasteiger partial charge in [-0.2, -0.15) is 15.3 Å². The SMILES string of the molecule is CCn1nccc1C(=O)N[C@H](C(=O)Nc1cnc(-c2c(C)n[nH]c2C)cn1)C(C1CC1)C1CC1Cc1n[nH]c(C)c1-c1cnc(NC(=O)[C@@H](N)C(C2CC2)C2CC2)cn1. The van der Waals surface area contributed by atoms with Gasteiger partial charge >= 0.3 is 0 Å². The fraction of sp³-hybridized carbons (Fsp3) is 0.524. The maximum Gasteiger partial charge on any atom is 0.270 e. The fourth-order valence-electron chi connectivity index (χ4n) is 9.37. The van der Waals surface area contributed by atoms with Gasteiger partial charge in [0.15, 0.2) is 11.6 Å². The van der Waals surface area contributed by atoms with Crippen LogP contribution < -0.4 is 21.7 Å². The zero-order valence-electron chi connectivity index (χ0n) is 33.9. The molecule has 5 aromatic heterocycles. The van der Waals surface area contributed by atoms with E-state index in [1.807, 2.05) is 27.7 Å². The van der Waals surface area contributed by atoms with Gasteiger partial charge in [-0.1, -0.05) is 0 Å². The van der Waals surface area contributed by atoms with Gasteiger partial charge in [0.2, 0.25) is 11.8 Å². The highest BCUT2D eigenvalue weighted by molar-refractivity contribution is 6.00. The third kappa shape index (κ3) is 8.12. The predicted molar refractivity (Wildman–Crippen MR) is 218 cm³/mol. The van der Waals surface area contributed by atoms with E-state index in [0.29, 0.717) is 53.5 Å². The maximum absolute atomic E-state index is 14.3. The fourth-order valence-corrected chi connectivity index (χ4v) is 9.37. The number of rotatable bonds is 17. The number of aromatic nitrogens is 10. The molecule has 7 N–H and O–H groups in total. The Bertz CT molecular complexity index is 2310. The summed E-state index contributed by atoms with van der Waals surface area (Å²) in [5.41, 5.74) is 13.3. The van der Waals surface area contributed by atoms with Crippen molar-refractivity contribution in [2.75, 3.05) is 10.6 Å². The number of nitrogens with two attached hydrogens (primary N) is 1. The number of carbonyl (C=O) groups is 3. The van der Waals surface area contributed by atoms with Crippen LogP contribution in [0.2, 0.25) is 0 Å². The van der Waals surface area contributed by atoms with Gasteiger partial charge in [-0.3, -0.25) is 39.2 Å². The van der Waals surface area contributed by atoms with Crippen LogP contribution in [-0.2, 0) is 22.6 Å². The number of aryl methyl sites for hydroxylation is 4. The van der Waals surface area contributed by atoms with Crippen molar-refractivity contribution in [2.45, 2.75) is 97.7 Å². The number of nitrogens with one attached hydrogen (secondary N) is 5. The molecule has 0 bridgehead atoms. The Labute approximate surface area is 342 Å². The van der Waals surface area contributed by atoms with Crippen molar-refractivity contribution >= 4 is 29.4 Å². The van der Waals surface area contributed by atoms with Crippen LogP contribution in [-0.4, -0.2) is 79.9 Å². The molecule has 4 saturated carbocycles. The molecule has 4 aliphatic rings. The van der Waals surface area contributed by atoms with Gasteiger partial charge in [0.25, 0.3) is 5.91 Å². The first-order valence-electron chi connectivity index (χ1n) is 21.0. The Morgan fingerprint density at radius 2 is 1.39 bits per heavy atom. The molecule has 3 unspecified atom stereocenters. The number of anilines is 2. The lowest BCUT2D eigenvalue weighted by atomic mass is 9.86. The largest absolute Gasteiger partial charge is 0.339 e. The highest BCUT2D eigenvalue weighted by Gasteiger charge is 2.54. The highest BCUT2D eigenvalue weighted by Crippen LogP contribution is 2.56. The zero-order chi connectivity index (χ0) is 40.9. The van der Waals surface area contributed by atoms with E-state index in [0.717, 1.165) is 78.8 Å². The van der Waals surface area contributed by atoms with Gasteiger partial charge in [-0.25, -0.2) is 9.97 Å². The second-order valence-electron chi connectivity index (χ2n) is 17.1. The lowest BCUT2D eigenvalue weighted by Crippen LogP contribution is -2.50. The summed E-state index contributed by atoms with van der Waals surface area (Å²) < 4.78 is 1.62. The van der Waals surface area contributed by atoms with Gasteiger partial charge in [0, 0.05) is 35.3 Å². The summed E-state index contributed by atoms with van der Waals surface area (Å²) in [6.45, 7) is 8.22. The van der Waals surface area contributed by atoms with Crippen LogP contribution in [0.1, 0.15) is 85.1 Å². The van der Waals surface area contributed by atoms with Crippen molar-refractivity contribution in [3.63, 3.8) is 0 Å². The van der Waals surface area contributed by atoms with Crippen molar-refractivity contribution in [1.29, 1.82) is 0 Å². The summed E-state index contributed by atoms with van der Waals surface area (Å²) in [6.07, 6.45) is 16.1. The first kappa shape index (κ1) is 38.7. The van der Waals surface area contributed by atoms with E-state index in [-0.39, 0.29) is 47.3 Å². The Kier molecular flexibility index (Phi) is 10.3. The normalized spacial score (nSPS) is 20.2. The molecular formula is C42H52N14O3. The first-order valence-corrected chi connectivity index (χ1v) is 21.0. The molecule has 9 rings (SSSR count). The Morgan fingerprint density at radius 3 is 1.97 bits per heavy atom. The monoisotopic (exact) mass is 800 g/mol. The Morgan fingerprint density at radius 1 is 0.797 bits per heavy atom. The van der Waals surface area contributed by atoms with Crippen molar-refractivity contribution in [3.8, 4) is 22.5 Å². The minimum Gasteiger partial charge on any atom is -0.339 e. The third-order valence-electron chi connectivity index (χ3n) is 12.8. The molecule has 5 heterocycles. The van der Waals surface area contributed by atoms with E-state index in [4.69, 9.17) is 15.8 Å². The number of H-pyrrole nitrogens is 2. The second-order valence-corrected chi connectivity index (χ2v) is 17.1. The third-order valence-corrected chi connectivity index (χ3v) is 12.8. The number of hydrogen-bond donors (Lipinski definition) is 6. The van der Waals surface area contributed by atoms with Crippen LogP contribution in [0, 0.1) is 62.2 Å². The smallest absolute Gasteiger partial charge is 0.270 e. The summed E-state index contributed by atoms with van der Waals surface area (Å²) in [4.78, 5) is 59.7. The zero-order valence-corrected chi connectivity index (χ0v) is 33.9. The summed E-state index contributed by atoms with van der Waals surface area (Å²) >= 11 is 0. The molecule has 0 aromatic carbocycles. The van der Waals surface area contributed by atoms with E-state index in [1.54, 1.807) is 35.5 Å². The quantitative estimate of drug-likeness (QED) is 0.0764. The molecule has 3 amide bonds. The molecule has 0 spiro atoms. The average Bonchev–Trinajstić information content (AvgIpc) is 4.04. The van der Waals surface area contributed by atoms with Crippen molar-refractivity contribution in [1.82, 2.24) is 55.4 Å². The number of nitrogens with zero attached hydrogens (tertiary/aromatic N) is 8. The van der Waals surface area contributed by atoms with Crippen molar-refractivity contribution in [2.24, 2.45) is 47.2 Å². The van der Waals surface area contributed by atoms with E-state index in [1.165, 1.54) is 6.20 Å². The van der Waals surface area contributed by atoms with E-state index >= 15 is 0 Å². The molecule has 4 fully saturated rings. The van der Waals surface area contributed by atoms with Crippen molar-refractivity contribution < 1.29 is 14.4 Å². The molecule has 0 radical (unpaired) electrons. The van der Waals surface area contributed by atoms with E-state index < -0.39 is 12.1 Å². The molecule has 0 aliphatic heterocycles. The van der Waals surface area contributed by atoms with Gasteiger partial charge < -0.3 is 21.7 Å². The standard InChI is InChI=1S/C42H52N14O3/c1-5-56-31(12-13-48-56)40(57)51-39(42(59)50-33-19-44-29(16-46-33)34-20(2)52-53-21(34)3)37(25-10-11-25)27-14-26(27)15-28-35(22(4)54-55-28)30-17-47-32(18-45-30)49-41(58)38(43)36(23-6-7-23)24-8-9-24/h12-13,16-19,23-27,36-39H,5-11,14-15,43H2,1-4H3,(H,51,57)(H,52,53)(H,54,55)(H,46,50,59)(H,47,49,58)/t26?,27?,37?,38-,39-/m0/s1.